The first-order valence-corrected chi connectivity index (χ1v) is 13.2. The number of fused-ring (bicyclic) bond motifs is 1. The summed E-state index contributed by atoms with van der Waals surface area (Å²) >= 11 is 1.35. The van der Waals surface area contributed by atoms with Crippen LogP contribution in [0.25, 0.3) is 0 Å². The Kier molecular flexibility index (Phi) is 7.68. The Bertz CT molecular complexity index is 1390. The van der Waals surface area contributed by atoms with Gasteiger partial charge in [-0.3, -0.25) is 19.3 Å². The van der Waals surface area contributed by atoms with Gasteiger partial charge in [-0.25, -0.2) is 9.55 Å². The highest BCUT2D eigenvalue weighted by Gasteiger charge is 2.53. The van der Waals surface area contributed by atoms with E-state index in [0.29, 0.717) is 24.2 Å². The molecule has 0 spiro atoms. The van der Waals surface area contributed by atoms with E-state index in [1.807, 2.05) is 34.9 Å². The Morgan fingerprint density at radius 1 is 1.26 bits per heavy atom. The van der Waals surface area contributed by atoms with Crippen LogP contribution < -0.4 is 20.3 Å². The first-order chi connectivity index (χ1) is 19.0. The first kappa shape index (κ1) is 26.1. The number of nitrogens with one attached hydrogen (secondary N) is 2. The van der Waals surface area contributed by atoms with Crippen LogP contribution in [0, 0.1) is 0 Å². The number of carboxylic acid groups (broad SMARTS) is 1. The van der Waals surface area contributed by atoms with Crippen molar-refractivity contribution >= 4 is 47.5 Å². The Morgan fingerprint density at radius 3 is 2.79 bits per heavy atom. The molecule has 2 N–H and O–H groups in total. The average Bonchev–Trinajstić information content (AvgIpc) is 3.46. The molecule has 0 radical (unpaired) electrons. The molecule has 39 heavy (non-hydrogen) atoms. The van der Waals surface area contributed by atoms with Gasteiger partial charge in [-0.1, -0.05) is 23.4 Å². The SMILES string of the molecule is O=CNc1cccc(C(=NOC2C=CCC2)C(=O)NC2C(=O)N3C(C(=O)[O-])=C(C[n+]4ccccc4)CS[C@@H]23)n1. The number of rotatable bonds is 10. The van der Waals surface area contributed by atoms with Crippen molar-refractivity contribution in [2.45, 2.75) is 36.9 Å². The molecule has 0 aromatic carbocycles. The van der Waals surface area contributed by atoms with Gasteiger partial charge in [-0.2, -0.15) is 0 Å². The minimum absolute atomic E-state index is 0.124. The third-order valence-corrected chi connectivity index (χ3v) is 7.68. The number of β-lactam (4-membered cyclic amide) rings is 1. The van der Waals surface area contributed by atoms with Gasteiger partial charge < -0.3 is 25.4 Å². The minimum atomic E-state index is -1.45. The van der Waals surface area contributed by atoms with Gasteiger partial charge in [0.15, 0.2) is 24.7 Å². The zero-order chi connectivity index (χ0) is 27.4. The molecule has 1 fully saturated rings. The van der Waals surface area contributed by atoms with Gasteiger partial charge in [0.05, 0.1) is 11.7 Å². The maximum atomic E-state index is 13.4. The molecule has 13 heteroatoms. The van der Waals surface area contributed by atoms with E-state index in [0.717, 1.165) is 11.3 Å². The van der Waals surface area contributed by atoms with Gasteiger partial charge in [0.25, 0.3) is 11.8 Å². The molecule has 2 aliphatic heterocycles. The van der Waals surface area contributed by atoms with Crippen molar-refractivity contribution in [3.63, 3.8) is 0 Å². The second-order valence-corrected chi connectivity index (χ2v) is 10.0. The van der Waals surface area contributed by atoms with Crippen LogP contribution in [0.2, 0.25) is 0 Å². The maximum absolute atomic E-state index is 13.4. The summed E-state index contributed by atoms with van der Waals surface area (Å²) in [6, 6.07) is 9.16. The van der Waals surface area contributed by atoms with E-state index < -0.39 is 29.2 Å². The van der Waals surface area contributed by atoms with Crippen LogP contribution in [0.1, 0.15) is 18.5 Å². The number of allylic oxidation sites excluding steroid dienone is 1. The molecule has 2 aromatic heterocycles. The van der Waals surface area contributed by atoms with Crippen molar-refractivity contribution in [2.24, 2.45) is 5.16 Å². The molecule has 3 amide bonds. The number of thioether (sulfide) groups is 1. The fourth-order valence-electron chi connectivity index (χ4n) is 4.49. The number of aliphatic carboxylic acids is 1. The molecule has 12 nitrogen and oxygen atoms in total. The smallest absolute Gasteiger partial charge is 0.276 e. The number of oxime groups is 1. The van der Waals surface area contributed by atoms with Gasteiger partial charge in [0.1, 0.15) is 29.0 Å². The van der Waals surface area contributed by atoms with Crippen LogP contribution in [0.3, 0.4) is 0 Å². The highest BCUT2D eigenvalue weighted by molar-refractivity contribution is 8.00. The molecule has 0 saturated carbocycles. The normalized spacial score (nSPS) is 22.2. The lowest BCUT2D eigenvalue weighted by Gasteiger charge is -2.50. The molecule has 1 aliphatic carbocycles. The Hall–Kier alpha value is -4.52. The number of carbonyl (C=O) groups excluding carboxylic acids is 4. The maximum Gasteiger partial charge on any atom is 0.276 e. The average molecular weight is 549 g/mol. The number of hydrogen-bond donors (Lipinski definition) is 2. The monoisotopic (exact) mass is 548 g/mol. The Labute approximate surface area is 227 Å². The van der Waals surface area contributed by atoms with Crippen molar-refractivity contribution in [3.05, 3.63) is 77.9 Å². The van der Waals surface area contributed by atoms with Crippen LogP contribution >= 0.6 is 11.8 Å². The molecule has 3 atom stereocenters. The van der Waals surface area contributed by atoms with Crippen molar-refractivity contribution < 1.29 is 33.7 Å². The minimum Gasteiger partial charge on any atom is -0.543 e. The van der Waals surface area contributed by atoms with Crippen molar-refractivity contribution in [3.8, 4) is 0 Å². The molecule has 0 bridgehead atoms. The number of nitrogens with zero attached hydrogens (tertiary/aromatic N) is 4. The lowest BCUT2D eigenvalue weighted by Crippen LogP contribution is -2.71. The van der Waals surface area contributed by atoms with Crippen LogP contribution in [0.5, 0.6) is 0 Å². The number of carboxylic acids is 1. The zero-order valence-corrected chi connectivity index (χ0v) is 21.4. The van der Waals surface area contributed by atoms with E-state index in [1.165, 1.54) is 17.8 Å². The summed E-state index contributed by atoms with van der Waals surface area (Å²) in [5.41, 5.74) is 0.298. The predicted molar refractivity (Wildman–Crippen MR) is 137 cm³/mol. The number of pyridine rings is 2. The Morgan fingerprint density at radius 2 is 2.08 bits per heavy atom. The van der Waals surface area contributed by atoms with Crippen LogP contribution in [0.15, 0.2) is 77.4 Å². The molecular weight excluding hydrogens is 524 g/mol. The third kappa shape index (κ3) is 5.53. The summed E-state index contributed by atoms with van der Waals surface area (Å²) in [6.45, 7) is 0.283. The predicted octanol–water partition coefficient (Wildman–Crippen LogP) is -0.519. The topological polar surface area (TPSA) is 157 Å². The second kappa shape index (κ2) is 11.5. The van der Waals surface area contributed by atoms with E-state index >= 15 is 0 Å². The summed E-state index contributed by atoms with van der Waals surface area (Å²) in [5.74, 6) is -2.21. The van der Waals surface area contributed by atoms with Gasteiger partial charge in [0, 0.05) is 23.5 Å². The molecule has 1 saturated heterocycles. The van der Waals surface area contributed by atoms with Gasteiger partial charge in [-0.05, 0) is 31.1 Å². The highest BCUT2D eigenvalue weighted by Crippen LogP contribution is 2.40. The molecule has 2 aromatic rings. The van der Waals surface area contributed by atoms with Gasteiger partial charge in [-0.15, -0.1) is 11.8 Å². The number of aromatic nitrogens is 2. The summed E-state index contributed by atoms with van der Waals surface area (Å²) in [7, 11) is 0. The van der Waals surface area contributed by atoms with E-state index in [4.69, 9.17) is 4.84 Å². The van der Waals surface area contributed by atoms with Crippen LogP contribution in [-0.2, 0) is 30.6 Å². The lowest BCUT2D eigenvalue weighted by atomic mass is 10.0. The number of carbonyl (C=O) groups is 4. The number of anilines is 1. The van der Waals surface area contributed by atoms with Gasteiger partial charge >= 0.3 is 0 Å². The summed E-state index contributed by atoms with van der Waals surface area (Å²) in [6.07, 6.45) is 9.06. The standard InChI is InChI=1S/C26H24N6O6S/c33-15-27-19-10-6-9-18(28-19)20(30-38-17-7-2-3-8-17)23(34)29-21-24(35)32-22(26(36)37)16(14-39-25(21)32)13-31-11-4-1-5-12-31/h1-2,4-7,9-12,15,17,21,25H,3,8,13-14H2,(H2-,27,28,29,33,34,36,37)/t17?,21?,25-/m0/s1. The van der Waals surface area contributed by atoms with Crippen molar-refractivity contribution in [2.75, 3.05) is 11.1 Å². The summed E-state index contributed by atoms with van der Waals surface area (Å²) < 4.78 is 1.81. The second-order valence-electron chi connectivity index (χ2n) is 8.91. The lowest BCUT2D eigenvalue weighted by molar-refractivity contribution is -0.689. The van der Waals surface area contributed by atoms with E-state index in [-0.39, 0.29) is 35.6 Å². The van der Waals surface area contributed by atoms with E-state index in [9.17, 15) is 24.3 Å². The fourth-order valence-corrected chi connectivity index (χ4v) is 5.82. The number of hydrogen-bond acceptors (Lipinski definition) is 9. The molecule has 2 unspecified atom stereocenters. The largest absolute Gasteiger partial charge is 0.543 e. The summed E-state index contributed by atoms with van der Waals surface area (Å²) in [5, 5.41) is 20.6. The molecule has 200 valence electrons. The fraction of sp³-hybridized carbons (Fsp3) is 0.269. The number of amides is 3. The molecule has 4 heterocycles. The molecule has 3 aliphatic rings. The molecular formula is C26H24N6O6S. The molecule has 5 rings (SSSR count). The zero-order valence-electron chi connectivity index (χ0n) is 20.6. The third-order valence-electron chi connectivity index (χ3n) is 6.34. The van der Waals surface area contributed by atoms with E-state index in [2.05, 4.69) is 20.8 Å². The van der Waals surface area contributed by atoms with Crippen molar-refractivity contribution in [1.82, 2.24) is 15.2 Å². The van der Waals surface area contributed by atoms with Gasteiger partial charge in [0.2, 0.25) is 6.41 Å². The van der Waals surface area contributed by atoms with Crippen LogP contribution in [0.4, 0.5) is 5.82 Å². The van der Waals surface area contributed by atoms with Crippen LogP contribution in [-0.4, -0.2) is 63.1 Å². The highest BCUT2D eigenvalue weighted by atomic mass is 32.2. The van der Waals surface area contributed by atoms with E-state index in [1.54, 1.807) is 24.5 Å². The quantitative estimate of drug-likeness (QED) is 0.100. The Balaban J connectivity index is 1.36. The van der Waals surface area contributed by atoms with Crippen molar-refractivity contribution in [1.29, 1.82) is 0 Å². The first-order valence-electron chi connectivity index (χ1n) is 12.2. The summed E-state index contributed by atoms with van der Waals surface area (Å²) in [4.78, 5) is 60.4.